The third-order valence-corrected chi connectivity index (χ3v) is 1.72. The van der Waals surface area contributed by atoms with E-state index in [0.717, 1.165) is 5.69 Å². The number of ether oxygens (including phenoxy) is 1. The summed E-state index contributed by atoms with van der Waals surface area (Å²) in [5.74, 6) is 0.0902. The average molecular weight is 195 g/mol. The number of nitrogen functional groups attached to an aromatic ring is 1. The molecule has 1 atom stereocenters. The van der Waals surface area contributed by atoms with Gasteiger partial charge in [0.15, 0.2) is 0 Å². The minimum absolute atomic E-state index is 0.319. The molecular weight excluding hydrogens is 182 g/mol. The normalized spacial score (nSPS) is 11.9. The van der Waals surface area contributed by atoms with Crippen LogP contribution in [0.4, 0.5) is 11.5 Å². The first-order valence-corrected chi connectivity index (χ1v) is 4.19. The predicted octanol–water partition coefficient (Wildman–Crippen LogP) is 0.637. The summed E-state index contributed by atoms with van der Waals surface area (Å²) in [7, 11) is 1.35. The van der Waals surface area contributed by atoms with E-state index in [2.05, 4.69) is 15.0 Å². The summed E-state index contributed by atoms with van der Waals surface area (Å²) in [5, 5.41) is 2.94. The highest BCUT2D eigenvalue weighted by Gasteiger charge is 2.11. The van der Waals surface area contributed by atoms with E-state index >= 15 is 0 Å². The van der Waals surface area contributed by atoms with E-state index in [1.54, 1.807) is 25.3 Å². The number of nitrogens with two attached hydrogens (primary N) is 1. The van der Waals surface area contributed by atoms with Crippen LogP contribution in [0, 0.1) is 0 Å². The molecular formula is C9H13N3O2. The molecule has 0 saturated heterocycles. The van der Waals surface area contributed by atoms with Crippen LogP contribution in [0.15, 0.2) is 18.3 Å². The van der Waals surface area contributed by atoms with E-state index in [-0.39, 0.29) is 5.97 Å². The standard InChI is InChI=1S/C9H13N3O2/c1-6(9(13)14-2)12-7-3-4-11-8(10)5-7/h3-6H,1-2H3,(H3,10,11,12). The van der Waals surface area contributed by atoms with Crippen molar-refractivity contribution in [1.29, 1.82) is 0 Å². The molecule has 5 heteroatoms. The fourth-order valence-electron chi connectivity index (χ4n) is 1.02. The van der Waals surface area contributed by atoms with Gasteiger partial charge < -0.3 is 15.8 Å². The van der Waals surface area contributed by atoms with Crippen molar-refractivity contribution < 1.29 is 9.53 Å². The Morgan fingerprint density at radius 3 is 3.00 bits per heavy atom. The molecule has 0 aliphatic heterocycles. The van der Waals surface area contributed by atoms with E-state index in [0.29, 0.717) is 5.82 Å². The van der Waals surface area contributed by atoms with Crippen LogP contribution in [0.25, 0.3) is 0 Å². The van der Waals surface area contributed by atoms with Gasteiger partial charge in [0.25, 0.3) is 0 Å². The van der Waals surface area contributed by atoms with Gasteiger partial charge in [-0.3, -0.25) is 0 Å². The van der Waals surface area contributed by atoms with Crippen molar-refractivity contribution in [2.24, 2.45) is 0 Å². The molecule has 1 heterocycles. The van der Waals surface area contributed by atoms with Gasteiger partial charge in [-0.1, -0.05) is 0 Å². The lowest BCUT2D eigenvalue weighted by atomic mass is 10.3. The van der Waals surface area contributed by atoms with Crippen LogP contribution in [-0.2, 0) is 9.53 Å². The summed E-state index contributed by atoms with van der Waals surface area (Å²) in [6.45, 7) is 1.71. The number of carbonyl (C=O) groups excluding carboxylic acids is 1. The Morgan fingerprint density at radius 1 is 1.71 bits per heavy atom. The highest BCUT2D eigenvalue weighted by molar-refractivity contribution is 5.78. The van der Waals surface area contributed by atoms with Crippen LogP contribution >= 0.6 is 0 Å². The third kappa shape index (κ3) is 2.62. The second-order valence-corrected chi connectivity index (χ2v) is 2.86. The fraction of sp³-hybridized carbons (Fsp3) is 0.333. The van der Waals surface area contributed by atoms with Gasteiger partial charge in [0, 0.05) is 18.0 Å². The number of carbonyl (C=O) groups is 1. The van der Waals surface area contributed by atoms with Gasteiger partial charge in [-0.15, -0.1) is 0 Å². The first-order valence-electron chi connectivity index (χ1n) is 4.19. The lowest BCUT2D eigenvalue weighted by Gasteiger charge is -2.12. The molecule has 3 N–H and O–H groups in total. The second kappa shape index (κ2) is 4.45. The van der Waals surface area contributed by atoms with Crippen LogP contribution in [0.2, 0.25) is 0 Å². The molecule has 5 nitrogen and oxygen atoms in total. The number of aromatic nitrogens is 1. The maximum absolute atomic E-state index is 11.1. The first-order chi connectivity index (χ1) is 6.63. The highest BCUT2D eigenvalue weighted by atomic mass is 16.5. The van der Waals surface area contributed by atoms with Crippen LogP contribution in [-0.4, -0.2) is 24.1 Å². The molecule has 1 unspecified atom stereocenters. The van der Waals surface area contributed by atoms with Crippen molar-refractivity contribution in [3.8, 4) is 0 Å². The maximum Gasteiger partial charge on any atom is 0.327 e. The van der Waals surface area contributed by atoms with E-state index in [1.807, 2.05) is 0 Å². The fourth-order valence-corrected chi connectivity index (χ4v) is 1.02. The Kier molecular flexibility index (Phi) is 3.28. The average Bonchev–Trinajstić information content (AvgIpc) is 2.16. The summed E-state index contributed by atoms with van der Waals surface area (Å²) in [5.41, 5.74) is 6.22. The third-order valence-electron chi connectivity index (χ3n) is 1.72. The molecule has 0 amide bonds. The molecule has 0 aliphatic rings. The number of methoxy groups -OCH3 is 1. The van der Waals surface area contributed by atoms with Gasteiger partial charge in [0.1, 0.15) is 11.9 Å². The van der Waals surface area contributed by atoms with Gasteiger partial charge >= 0.3 is 5.97 Å². The van der Waals surface area contributed by atoms with Gasteiger partial charge in [-0.2, -0.15) is 0 Å². The van der Waals surface area contributed by atoms with Gasteiger partial charge in [0.2, 0.25) is 0 Å². The summed E-state index contributed by atoms with van der Waals surface area (Å²) in [6, 6.07) is 2.98. The number of esters is 1. The summed E-state index contributed by atoms with van der Waals surface area (Å²) in [4.78, 5) is 14.9. The van der Waals surface area contributed by atoms with Crippen molar-refractivity contribution >= 4 is 17.5 Å². The quantitative estimate of drug-likeness (QED) is 0.692. The zero-order valence-electron chi connectivity index (χ0n) is 8.15. The SMILES string of the molecule is COC(=O)C(C)Nc1ccnc(N)c1. The largest absolute Gasteiger partial charge is 0.467 e. The molecule has 1 rings (SSSR count). The number of hydrogen-bond acceptors (Lipinski definition) is 5. The molecule has 0 aliphatic carbocycles. The molecule has 1 aromatic heterocycles. The van der Waals surface area contributed by atoms with Crippen LogP contribution in [0.1, 0.15) is 6.92 Å². The number of nitrogens with one attached hydrogen (secondary N) is 1. The Labute approximate surface area is 82.3 Å². The number of hydrogen-bond donors (Lipinski definition) is 2. The van der Waals surface area contributed by atoms with Crippen molar-refractivity contribution in [3.05, 3.63) is 18.3 Å². The van der Waals surface area contributed by atoms with E-state index < -0.39 is 6.04 Å². The topological polar surface area (TPSA) is 77.2 Å². The Balaban J connectivity index is 2.64. The predicted molar refractivity (Wildman–Crippen MR) is 53.8 cm³/mol. The minimum Gasteiger partial charge on any atom is -0.467 e. The van der Waals surface area contributed by atoms with E-state index in [1.165, 1.54) is 7.11 Å². The van der Waals surface area contributed by atoms with Crippen LogP contribution in [0.3, 0.4) is 0 Å². The molecule has 0 aromatic carbocycles. The zero-order valence-corrected chi connectivity index (χ0v) is 8.15. The van der Waals surface area contributed by atoms with Gasteiger partial charge in [-0.05, 0) is 13.0 Å². The number of anilines is 2. The summed E-state index contributed by atoms with van der Waals surface area (Å²) >= 11 is 0. The zero-order chi connectivity index (χ0) is 10.6. The Bertz CT molecular complexity index is 328. The number of pyridine rings is 1. The molecule has 0 saturated carbocycles. The highest BCUT2D eigenvalue weighted by Crippen LogP contribution is 2.10. The smallest absolute Gasteiger partial charge is 0.327 e. The molecule has 0 bridgehead atoms. The van der Waals surface area contributed by atoms with Gasteiger partial charge in [-0.25, -0.2) is 9.78 Å². The summed E-state index contributed by atoms with van der Waals surface area (Å²) in [6.07, 6.45) is 1.57. The number of rotatable bonds is 3. The molecule has 1 aromatic rings. The Hall–Kier alpha value is -1.78. The lowest BCUT2D eigenvalue weighted by molar-refractivity contribution is -0.141. The molecule has 0 radical (unpaired) electrons. The van der Waals surface area contributed by atoms with Crippen molar-refractivity contribution in [3.63, 3.8) is 0 Å². The van der Waals surface area contributed by atoms with Crippen molar-refractivity contribution in [1.82, 2.24) is 4.98 Å². The van der Waals surface area contributed by atoms with Crippen LogP contribution in [0.5, 0.6) is 0 Å². The number of nitrogens with zero attached hydrogens (tertiary/aromatic N) is 1. The second-order valence-electron chi connectivity index (χ2n) is 2.86. The summed E-state index contributed by atoms with van der Waals surface area (Å²) < 4.78 is 4.57. The molecule has 0 fully saturated rings. The van der Waals surface area contributed by atoms with Gasteiger partial charge in [0.05, 0.1) is 7.11 Å². The first kappa shape index (κ1) is 10.3. The maximum atomic E-state index is 11.1. The lowest BCUT2D eigenvalue weighted by Crippen LogP contribution is -2.27. The van der Waals surface area contributed by atoms with Crippen molar-refractivity contribution in [2.75, 3.05) is 18.2 Å². The Morgan fingerprint density at radius 2 is 2.43 bits per heavy atom. The van der Waals surface area contributed by atoms with Crippen LogP contribution < -0.4 is 11.1 Å². The monoisotopic (exact) mass is 195 g/mol. The van der Waals surface area contributed by atoms with E-state index in [4.69, 9.17) is 5.73 Å². The molecule has 0 spiro atoms. The molecule has 14 heavy (non-hydrogen) atoms. The van der Waals surface area contributed by atoms with Crippen molar-refractivity contribution in [2.45, 2.75) is 13.0 Å². The minimum atomic E-state index is -0.401. The molecule has 76 valence electrons. The van der Waals surface area contributed by atoms with E-state index in [9.17, 15) is 4.79 Å².